The minimum Gasteiger partial charge on any atom is -0.369 e. The SMILES string of the molecule is Nc1nc2cc(F)c(Cl)cc2n1-c1cc(Br)ccc1F. The number of aromatic nitrogens is 2. The molecule has 20 heavy (non-hydrogen) atoms. The number of hydrogen-bond acceptors (Lipinski definition) is 2. The summed E-state index contributed by atoms with van der Waals surface area (Å²) < 4.78 is 29.5. The maximum absolute atomic E-state index is 14.0. The minimum absolute atomic E-state index is 0.0543. The maximum Gasteiger partial charge on any atom is 0.206 e. The van der Waals surface area contributed by atoms with Gasteiger partial charge in [0.1, 0.15) is 11.6 Å². The van der Waals surface area contributed by atoms with E-state index < -0.39 is 11.6 Å². The van der Waals surface area contributed by atoms with Crippen molar-refractivity contribution >= 4 is 44.5 Å². The Morgan fingerprint density at radius 1 is 1.15 bits per heavy atom. The van der Waals surface area contributed by atoms with Crippen LogP contribution in [0, 0.1) is 11.6 Å². The lowest BCUT2D eigenvalue weighted by Gasteiger charge is -2.08. The molecular formula is C13H7BrClF2N3. The third kappa shape index (κ3) is 2.05. The van der Waals surface area contributed by atoms with Crippen LogP contribution in [0.5, 0.6) is 0 Å². The van der Waals surface area contributed by atoms with Gasteiger partial charge in [-0.2, -0.15) is 0 Å². The summed E-state index contributed by atoms with van der Waals surface area (Å²) in [5, 5.41) is -0.0749. The van der Waals surface area contributed by atoms with E-state index >= 15 is 0 Å². The second kappa shape index (κ2) is 4.71. The maximum atomic E-state index is 14.0. The van der Waals surface area contributed by atoms with Crippen molar-refractivity contribution in [2.24, 2.45) is 0 Å². The van der Waals surface area contributed by atoms with Gasteiger partial charge in [-0.15, -0.1) is 0 Å². The topological polar surface area (TPSA) is 43.8 Å². The van der Waals surface area contributed by atoms with Gasteiger partial charge in [-0.1, -0.05) is 27.5 Å². The van der Waals surface area contributed by atoms with Gasteiger partial charge in [-0.3, -0.25) is 4.57 Å². The van der Waals surface area contributed by atoms with Crippen LogP contribution in [0.2, 0.25) is 5.02 Å². The van der Waals surface area contributed by atoms with Crippen molar-refractivity contribution < 1.29 is 8.78 Å². The van der Waals surface area contributed by atoms with Crippen LogP contribution in [0.15, 0.2) is 34.8 Å². The molecule has 0 saturated carbocycles. The Labute approximate surface area is 126 Å². The van der Waals surface area contributed by atoms with Crippen LogP contribution in [-0.4, -0.2) is 9.55 Å². The molecule has 0 aliphatic carbocycles. The summed E-state index contributed by atoms with van der Waals surface area (Å²) >= 11 is 9.04. The fraction of sp³-hybridized carbons (Fsp3) is 0. The number of nitrogens with zero attached hydrogens (tertiary/aromatic N) is 2. The molecular weight excluding hydrogens is 352 g/mol. The van der Waals surface area contributed by atoms with Crippen molar-refractivity contribution in [3.8, 4) is 5.69 Å². The Hall–Kier alpha value is -1.66. The van der Waals surface area contributed by atoms with Crippen LogP contribution in [0.25, 0.3) is 16.7 Å². The van der Waals surface area contributed by atoms with Gasteiger partial charge < -0.3 is 5.73 Å². The smallest absolute Gasteiger partial charge is 0.206 e. The average Bonchev–Trinajstić information content (AvgIpc) is 2.69. The van der Waals surface area contributed by atoms with E-state index in [-0.39, 0.29) is 16.7 Å². The average molecular weight is 359 g/mol. The summed E-state index contributed by atoms with van der Waals surface area (Å²) in [4.78, 5) is 4.02. The Morgan fingerprint density at radius 2 is 1.90 bits per heavy atom. The summed E-state index contributed by atoms with van der Waals surface area (Å²) in [6.45, 7) is 0. The molecule has 0 amide bonds. The molecule has 3 nitrogen and oxygen atoms in total. The molecule has 2 aromatic carbocycles. The van der Waals surface area contributed by atoms with Crippen LogP contribution >= 0.6 is 27.5 Å². The predicted molar refractivity (Wildman–Crippen MR) is 78.1 cm³/mol. The summed E-state index contributed by atoms with van der Waals surface area (Å²) in [5.41, 5.74) is 6.76. The second-order valence-corrected chi connectivity index (χ2v) is 5.48. The van der Waals surface area contributed by atoms with Gasteiger partial charge >= 0.3 is 0 Å². The van der Waals surface area contributed by atoms with Crippen molar-refractivity contribution in [1.29, 1.82) is 0 Å². The van der Waals surface area contributed by atoms with E-state index in [9.17, 15) is 8.78 Å². The number of anilines is 1. The van der Waals surface area contributed by atoms with E-state index in [1.54, 1.807) is 12.1 Å². The van der Waals surface area contributed by atoms with Crippen molar-refractivity contribution in [2.75, 3.05) is 5.73 Å². The van der Waals surface area contributed by atoms with E-state index in [0.29, 0.717) is 15.5 Å². The minimum atomic E-state index is -0.599. The molecule has 0 spiro atoms. The summed E-state index contributed by atoms with van der Waals surface area (Å²) in [7, 11) is 0. The predicted octanol–water partition coefficient (Wildman–Crippen LogP) is 4.30. The number of nitrogen functional groups attached to an aromatic ring is 1. The van der Waals surface area contributed by atoms with Crippen LogP contribution in [-0.2, 0) is 0 Å². The highest BCUT2D eigenvalue weighted by molar-refractivity contribution is 9.10. The van der Waals surface area contributed by atoms with Crippen molar-refractivity contribution in [2.45, 2.75) is 0 Å². The first-order valence-electron chi connectivity index (χ1n) is 5.56. The first-order valence-corrected chi connectivity index (χ1v) is 6.73. The number of halogens is 4. The lowest BCUT2D eigenvalue weighted by molar-refractivity contribution is 0.619. The molecule has 1 heterocycles. The molecule has 0 saturated heterocycles. The van der Waals surface area contributed by atoms with Crippen LogP contribution in [0.3, 0.4) is 0 Å². The van der Waals surface area contributed by atoms with Gasteiger partial charge in [0.05, 0.1) is 21.7 Å². The van der Waals surface area contributed by atoms with E-state index in [4.69, 9.17) is 17.3 Å². The van der Waals surface area contributed by atoms with Gasteiger partial charge in [-0.25, -0.2) is 13.8 Å². The zero-order valence-corrected chi connectivity index (χ0v) is 12.2. The van der Waals surface area contributed by atoms with Crippen molar-refractivity contribution in [1.82, 2.24) is 9.55 Å². The number of hydrogen-bond donors (Lipinski definition) is 1. The molecule has 102 valence electrons. The third-order valence-corrected chi connectivity index (χ3v) is 3.65. The number of benzene rings is 2. The summed E-state index contributed by atoms with van der Waals surface area (Å²) in [5.74, 6) is -1.02. The van der Waals surface area contributed by atoms with E-state index in [2.05, 4.69) is 20.9 Å². The highest BCUT2D eigenvalue weighted by atomic mass is 79.9. The molecule has 0 aliphatic heterocycles. The number of fused-ring (bicyclic) bond motifs is 1. The van der Waals surface area contributed by atoms with Gasteiger partial charge in [-0.05, 0) is 24.3 Å². The molecule has 0 bridgehead atoms. The van der Waals surface area contributed by atoms with Crippen molar-refractivity contribution in [3.63, 3.8) is 0 Å². The normalized spacial score (nSPS) is 11.2. The first kappa shape index (κ1) is 13.3. The van der Waals surface area contributed by atoms with Gasteiger partial charge in [0.25, 0.3) is 0 Å². The van der Waals surface area contributed by atoms with Gasteiger partial charge in [0.15, 0.2) is 0 Å². The van der Waals surface area contributed by atoms with Crippen LogP contribution in [0.1, 0.15) is 0 Å². The first-order chi connectivity index (χ1) is 9.47. The number of rotatable bonds is 1. The molecule has 1 aromatic heterocycles. The second-order valence-electron chi connectivity index (χ2n) is 4.16. The monoisotopic (exact) mass is 357 g/mol. The van der Waals surface area contributed by atoms with Gasteiger partial charge in [0.2, 0.25) is 5.95 Å². The van der Waals surface area contributed by atoms with Gasteiger partial charge in [0, 0.05) is 10.5 Å². The largest absolute Gasteiger partial charge is 0.369 e. The molecule has 0 unspecified atom stereocenters. The number of nitrogens with two attached hydrogens (primary N) is 1. The zero-order chi connectivity index (χ0) is 14.4. The van der Waals surface area contributed by atoms with E-state index in [1.165, 1.54) is 22.8 Å². The fourth-order valence-corrected chi connectivity index (χ4v) is 2.51. The molecule has 0 fully saturated rings. The molecule has 0 radical (unpaired) electrons. The molecule has 0 atom stereocenters. The Balaban J connectivity index is 2.38. The summed E-state index contributed by atoms with van der Waals surface area (Å²) in [6.07, 6.45) is 0. The highest BCUT2D eigenvalue weighted by Gasteiger charge is 2.16. The standard InChI is InChI=1S/C13H7BrClF2N3/c14-6-1-2-8(16)11(3-6)20-12-4-7(15)9(17)5-10(12)19-13(20)18/h1-5H,(H2,18,19). The third-order valence-electron chi connectivity index (χ3n) is 2.87. The number of imidazole rings is 1. The molecule has 2 N–H and O–H groups in total. The van der Waals surface area contributed by atoms with Crippen LogP contribution < -0.4 is 5.73 Å². The zero-order valence-electron chi connectivity index (χ0n) is 9.87. The van der Waals surface area contributed by atoms with Crippen molar-refractivity contribution in [3.05, 3.63) is 51.5 Å². The fourth-order valence-electron chi connectivity index (χ4n) is 2.00. The van der Waals surface area contributed by atoms with Crippen LogP contribution in [0.4, 0.5) is 14.7 Å². The molecule has 3 rings (SSSR count). The van der Waals surface area contributed by atoms with E-state index in [1.807, 2.05) is 0 Å². The molecule has 0 aliphatic rings. The Bertz CT molecular complexity index is 832. The Morgan fingerprint density at radius 3 is 2.65 bits per heavy atom. The quantitative estimate of drug-likeness (QED) is 0.705. The lowest BCUT2D eigenvalue weighted by Crippen LogP contribution is -2.03. The lowest BCUT2D eigenvalue weighted by atomic mass is 10.2. The molecule has 3 aromatic rings. The summed E-state index contributed by atoms with van der Waals surface area (Å²) in [6, 6.07) is 6.97. The van der Waals surface area contributed by atoms with E-state index in [0.717, 1.165) is 0 Å². The molecule has 7 heteroatoms. The Kier molecular flexibility index (Phi) is 3.14. The highest BCUT2D eigenvalue weighted by Crippen LogP contribution is 2.29.